The van der Waals surface area contributed by atoms with Crippen LogP contribution in [0.5, 0.6) is 0 Å². The normalized spacial score (nSPS) is 37.2. The van der Waals surface area contributed by atoms with E-state index in [1.165, 1.54) is 0 Å². The van der Waals surface area contributed by atoms with Gasteiger partial charge in [0.25, 0.3) is 0 Å². The van der Waals surface area contributed by atoms with Crippen molar-refractivity contribution in [3.8, 4) is 0 Å². The van der Waals surface area contributed by atoms with Crippen LogP contribution < -0.4 is 0 Å². The summed E-state index contributed by atoms with van der Waals surface area (Å²) in [5, 5.41) is 28.6. The molecule has 4 nitrogen and oxygen atoms in total. The number of aliphatic hydroxyl groups is 2. The van der Waals surface area contributed by atoms with Crippen molar-refractivity contribution in [2.45, 2.75) is 58.8 Å². The van der Waals surface area contributed by atoms with Gasteiger partial charge in [0.2, 0.25) is 0 Å². The summed E-state index contributed by atoms with van der Waals surface area (Å²) >= 11 is 0. The van der Waals surface area contributed by atoms with Crippen molar-refractivity contribution < 1.29 is 20.1 Å². The first-order chi connectivity index (χ1) is 11.3. The van der Waals surface area contributed by atoms with E-state index in [1.807, 2.05) is 0 Å². The fraction of sp³-hybridized carbons (Fsp3) is 0.750. The van der Waals surface area contributed by atoms with Crippen LogP contribution in [0.25, 0.3) is 0 Å². The summed E-state index contributed by atoms with van der Waals surface area (Å²) in [5.74, 6) is -0.167. The maximum absolute atomic E-state index is 12.3. The molecule has 0 saturated heterocycles. The highest BCUT2D eigenvalue weighted by molar-refractivity contribution is 5.79. The number of hydrogen-bond donors (Lipinski definition) is 3. The van der Waals surface area contributed by atoms with Gasteiger partial charge in [-0.15, -0.1) is 0 Å². The Balaban J connectivity index is 2.33. The Hall–Kier alpha value is -1.13. The summed E-state index contributed by atoms with van der Waals surface area (Å²) in [4.78, 5) is 12.3. The van der Waals surface area contributed by atoms with Crippen molar-refractivity contribution in [1.29, 1.82) is 0 Å². The van der Waals surface area contributed by atoms with Crippen LogP contribution in [0.15, 0.2) is 23.8 Å². The molecular weight excluding hydrogens is 304 g/mol. The Morgan fingerprint density at radius 1 is 1.38 bits per heavy atom. The van der Waals surface area contributed by atoms with Gasteiger partial charge in [0, 0.05) is 0 Å². The minimum absolute atomic E-state index is 0.0491. The molecule has 24 heavy (non-hydrogen) atoms. The lowest BCUT2D eigenvalue weighted by Crippen LogP contribution is -2.55. The van der Waals surface area contributed by atoms with E-state index >= 15 is 0 Å². The minimum Gasteiger partial charge on any atom is -0.481 e. The van der Waals surface area contributed by atoms with Crippen LogP contribution in [0, 0.1) is 22.7 Å². The molecule has 0 spiro atoms. The van der Waals surface area contributed by atoms with Gasteiger partial charge in [0.05, 0.1) is 18.6 Å². The molecule has 0 bridgehead atoms. The lowest BCUT2D eigenvalue weighted by Gasteiger charge is -2.58. The van der Waals surface area contributed by atoms with Crippen molar-refractivity contribution in [2.75, 3.05) is 13.2 Å². The van der Waals surface area contributed by atoms with Crippen molar-refractivity contribution in [3.05, 3.63) is 23.8 Å². The van der Waals surface area contributed by atoms with Gasteiger partial charge >= 0.3 is 5.97 Å². The molecule has 136 valence electrons. The quantitative estimate of drug-likeness (QED) is 0.648. The number of carboxylic acids is 1. The van der Waals surface area contributed by atoms with Crippen LogP contribution >= 0.6 is 0 Å². The molecule has 4 heteroatoms. The predicted molar refractivity (Wildman–Crippen MR) is 94.5 cm³/mol. The second kappa shape index (κ2) is 7.40. The smallest absolute Gasteiger partial charge is 0.314 e. The molecule has 3 N–H and O–H groups in total. The maximum atomic E-state index is 12.3. The Bertz CT molecular complexity index is 524. The predicted octanol–water partition coefficient (Wildman–Crippen LogP) is 3.54. The van der Waals surface area contributed by atoms with E-state index in [4.69, 9.17) is 5.11 Å². The zero-order chi connectivity index (χ0) is 18.0. The molecule has 0 aromatic carbocycles. The van der Waals surface area contributed by atoms with Crippen molar-refractivity contribution in [3.63, 3.8) is 0 Å². The van der Waals surface area contributed by atoms with E-state index < -0.39 is 11.4 Å². The van der Waals surface area contributed by atoms with Gasteiger partial charge in [-0.05, 0) is 67.8 Å². The third-order valence-electron chi connectivity index (χ3n) is 7.04. The van der Waals surface area contributed by atoms with Gasteiger partial charge in [-0.3, -0.25) is 4.79 Å². The van der Waals surface area contributed by atoms with E-state index in [2.05, 4.69) is 20.4 Å². The number of rotatable bonds is 6. The van der Waals surface area contributed by atoms with Crippen LogP contribution in [-0.2, 0) is 4.79 Å². The van der Waals surface area contributed by atoms with Crippen LogP contribution in [0.3, 0.4) is 0 Å². The summed E-state index contributed by atoms with van der Waals surface area (Å²) in [5.41, 5.74) is 0.869. The molecule has 2 aliphatic rings. The molecule has 4 atom stereocenters. The molecule has 0 heterocycles. The van der Waals surface area contributed by atoms with Gasteiger partial charge in [0.15, 0.2) is 0 Å². The second-order valence-electron chi connectivity index (χ2n) is 7.97. The minimum atomic E-state index is -0.778. The summed E-state index contributed by atoms with van der Waals surface area (Å²) in [6.07, 6.45) is 7.58. The summed E-state index contributed by atoms with van der Waals surface area (Å²) < 4.78 is 0. The van der Waals surface area contributed by atoms with Crippen molar-refractivity contribution in [2.24, 2.45) is 22.7 Å². The number of carboxylic acid groups (broad SMARTS) is 1. The standard InChI is InChI=1S/C20H32O4/c1-14-7-11-20(18(23)24)15(2)5-4-6-17(20)19(14,3)10-8-16(13-22)9-12-21/h9,14,17,21-22H,2,4-8,10-13H2,1,3H3,(H,23,24). The average molecular weight is 336 g/mol. The Labute approximate surface area is 145 Å². The molecule has 2 rings (SSSR count). The van der Waals surface area contributed by atoms with Gasteiger partial charge in [-0.1, -0.05) is 32.1 Å². The number of fused-ring (bicyclic) bond motifs is 1. The van der Waals surface area contributed by atoms with Crippen molar-refractivity contribution in [1.82, 2.24) is 0 Å². The molecule has 2 saturated carbocycles. The molecule has 2 aliphatic carbocycles. The monoisotopic (exact) mass is 336 g/mol. The van der Waals surface area contributed by atoms with Gasteiger partial charge in [-0.2, -0.15) is 0 Å². The molecule has 0 aromatic heterocycles. The first kappa shape index (κ1) is 19.2. The van der Waals surface area contributed by atoms with E-state index in [9.17, 15) is 15.0 Å². The Morgan fingerprint density at radius 2 is 2.08 bits per heavy atom. The van der Waals surface area contributed by atoms with Crippen LogP contribution in [0.2, 0.25) is 0 Å². The maximum Gasteiger partial charge on any atom is 0.314 e. The first-order valence-corrected chi connectivity index (χ1v) is 9.14. The lowest BCUT2D eigenvalue weighted by atomic mass is 9.45. The highest BCUT2D eigenvalue weighted by Crippen LogP contribution is 2.63. The average Bonchev–Trinajstić information content (AvgIpc) is 2.55. The Kier molecular flexibility index (Phi) is 5.92. The summed E-state index contributed by atoms with van der Waals surface area (Å²) in [7, 11) is 0. The van der Waals surface area contributed by atoms with Gasteiger partial charge < -0.3 is 15.3 Å². The zero-order valence-electron chi connectivity index (χ0n) is 15.1. The molecule has 2 fully saturated rings. The highest BCUT2D eigenvalue weighted by Gasteiger charge is 2.59. The number of hydrogen-bond acceptors (Lipinski definition) is 3. The number of carbonyl (C=O) groups is 1. The van der Waals surface area contributed by atoms with E-state index in [0.717, 1.165) is 43.3 Å². The zero-order valence-corrected chi connectivity index (χ0v) is 15.1. The fourth-order valence-electron chi connectivity index (χ4n) is 5.23. The highest BCUT2D eigenvalue weighted by atomic mass is 16.4. The van der Waals surface area contributed by atoms with Crippen LogP contribution in [0.1, 0.15) is 58.8 Å². The van der Waals surface area contributed by atoms with E-state index in [0.29, 0.717) is 18.8 Å². The van der Waals surface area contributed by atoms with E-state index in [1.54, 1.807) is 6.08 Å². The van der Waals surface area contributed by atoms with Gasteiger partial charge in [-0.25, -0.2) is 0 Å². The topological polar surface area (TPSA) is 77.8 Å². The molecule has 0 aromatic rings. The molecule has 0 amide bonds. The molecule has 0 aliphatic heterocycles. The Morgan fingerprint density at radius 3 is 2.67 bits per heavy atom. The SMILES string of the molecule is C=C1CCCC2C1(C(=O)O)CCC(C)C2(C)CCC(=CCO)CO. The molecule has 0 radical (unpaired) electrons. The third kappa shape index (κ3) is 3.06. The fourth-order valence-corrected chi connectivity index (χ4v) is 5.23. The number of aliphatic hydroxyl groups excluding tert-OH is 2. The second-order valence-corrected chi connectivity index (χ2v) is 7.97. The van der Waals surface area contributed by atoms with E-state index in [-0.39, 0.29) is 24.5 Å². The van der Waals surface area contributed by atoms with Crippen molar-refractivity contribution >= 4 is 5.97 Å². The van der Waals surface area contributed by atoms with Gasteiger partial charge in [0.1, 0.15) is 0 Å². The first-order valence-electron chi connectivity index (χ1n) is 9.14. The third-order valence-corrected chi connectivity index (χ3v) is 7.04. The lowest BCUT2D eigenvalue weighted by molar-refractivity contribution is -0.163. The number of aliphatic carboxylic acids is 1. The largest absolute Gasteiger partial charge is 0.481 e. The molecule has 4 unspecified atom stereocenters. The molecular formula is C20H32O4. The van der Waals surface area contributed by atoms with Crippen LogP contribution in [-0.4, -0.2) is 34.5 Å². The van der Waals surface area contributed by atoms with Crippen LogP contribution in [0.4, 0.5) is 0 Å². The summed E-state index contributed by atoms with van der Waals surface area (Å²) in [6.45, 7) is 8.50. The summed E-state index contributed by atoms with van der Waals surface area (Å²) in [6, 6.07) is 0.